The zero-order valence-electron chi connectivity index (χ0n) is 15.0. The molecule has 0 saturated heterocycles. The number of nitrogens with zero attached hydrogens (tertiary/aromatic N) is 4. The van der Waals surface area contributed by atoms with Gasteiger partial charge >= 0.3 is 0 Å². The smallest absolute Gasteiger partial charge is 0.150 e. The van der Waals surface area contributed by atoms with Crippen molar-refractivity contribution < 1.29 is 0 Å². The van der Waals surface area contributed by atoms with Crippen LogP contribution in [0.5, 0.6) is 0 Å². The predicted molar refractivity (Wildman–Crippen MR) is 113 cm³/mol. The summed E-state index contributed by atoms with van der Waals surface area (Å²) in [5.41, 5.74) is 7.62. The van der Waals surface area contributed by atoms with E-state index in [2.05, 4.69) is 74.7 Å². The lowest BCUT2D eigenvalue weighted by molar-refractivity contribution is 1.09. The summed E-state index contributed by atoms with van der Waals surface area (Å²) in [6.45, 7) is 0. The van der Waals surface area contributed by atoms with Crippen LogP contribution in [0.1, 0.15) is 0 Å². The van der Waals surface area contributed by atoms with Crippen molar-refractivity contribution in [3.63, 3.8) is 0 Å². The molecule has 0 atom stereocenters. The second-order valence-electron chi connectivity index (χ2n) is 6.85. The summed E-state index contributed by atoms with van der Waals surface area (Å²) >= 11 is 0. The number of benzene rings is 2. The molecule has 4 nitrogen and oxygen atoms in total. The van der Waals surface area contributed by atoms with E-state index in [1.165, 1.54) is 0 Å². The Hall–Kier alpha value is -3.92. The second kappa shape index (κ2) is 5.79. The Kier molecular flexibility index (Phi) is 3.14. The van der Waals surface area contributed by atoms with Gasteiger partial charge in [-0.15, -0.1) is 0 Å². The van der Waals surface area contributed by atoms with Gasteiger partial charge in [0.25, 0.3) is 0 Å². The summed E-state index contributed by atoms with van der Waals surface area (Å²) in [5, 5.41) is 1.16. The summed E-state index contributed by atoms with van der Waals surface area (Å²) < 4.78 is 4.45. The highest BCUT2D eigenvalue weighted by Gasteiger charge is 2.17. The van der Waals surface area contributed by atoms with Gasteiger partial charge in [0.15, 0.2) is 5.65 Å². The molecule has 0 aliphatic rings. The van der Waals surface area contributed by atoms with E-state index in [1.807, 2.05) is 30.5 Å². The standard InChI is InChI=1S/C24H16N4/c1-2-8-21-20(7-1)23-24(27-15-4-3-9-22(27)26-23)28(21)19-12-10-17(11-13-19)18-6-5-14-25-16-18/h1-16H. The summed E-state index contributed by atoms with van der Waals surface area (Å²) in [6, 6.07) is 27.2. The number of para-hydroxylation sites is 1. The van der Waals surface area contributed by atoms with Crippen molar-refractivity contribution in [1.29, 1.82) is 0 Å². The van der Waals surface area contributed by atoms with Crippen molar-refractivity contribution in [1.82, 2.24) is 18.9 Å². The third-order valence-corrected chi connectivity index (χ3v) is 5.24. The van der Waals surface area contributed by atoms with Crippen LogP contribution in [0.15, 0.2) is 97.5 Å². The average Bonchev–Trinajstić information content (AvgIpc) is 3.29. The Morgan fingerprint density at radius 1 is 0.714 bits per heavy atom. The molecule has 0 N–H and O–H groups in total. The topological polar surface area (TPSA) is 35.1 Å². The molecule has 6 rings (SSSR count). The van der Waals surface area contributed by atoms with Crippen LogP contribution in [0.25, 0.3) is 44.5 Å². The molecule has 4 heterocycles. The largest absolute Gasteiger partial charge is 0.294 e. The third kappa shape index (κ3) is 2.12. The first-order valence-electron chi connectivity index (χ1n) is 9.27. The first-order valence-corrected chi connectivity index (χ1v) is 9.27. The van der Waals surface area contributed by atoms with Gasteiger partial charge < -0.3 is 0 Å². The maximum atomic E-state index is 4.89. The molecular formula is C24H16N4. The molecule has 132 valence electrons. The van der Waals surface area contributed by atoms with Gasteiger partial charge in [0.2, 0.25) is 0 Å². The first kappa shape index (κ1) is 15.2. The Labute approximate surface area is 161 Å². The van der Waals surface area contributed by atoms with Gasteiger partial charge in [0, 0.05) is 29.7 Å². The lowest BCUT2D eigenvalue weighted by atomic mass is 10.1. The molecule has 6 aromatic rings. The fraction of sp³-hybridized carbons (Fsp3) is 0. The van der Waals surface area contributed by atoms with Gasteiger partial charge in [-0.05, 0) is 47.5 Å². The lowest BCUT2D eigenvalue weighted by Crippen LogP contribution is -1.97. The van der Waals surface area contributed by atoms with E-state index in [1.54, 1.807) is 6.20 Å². The number of hydrogen-bond donors (Lipinski definition) is 0. The zero-order chi connectivity index (χ0) is 18.5. The molecule has 0 fully saturated rings. The number of hydrogen-bond acceptors (Lipinski definition) is 2. The summed E-state index contributed by atoms with van der Waals surface area (Å²) in [7, 11) is 0. The number of fused-ring (bicyclic) bond motifs is 5. The zero-order valence-corrected chi connectivity index (χ0v) is 15.0. The molecule has 0 aliphatic carbocycles. The maximum Gasteiger partial charge on any atom is 0.150 e. The van der Waals surface area contributed by atoms with Crippen LogP contribution in [-0.2, 0) is 0 Å². The van der Waals surface area contributed by atoms with E-state index in [0.29, 0.717) is 0 Å². The van der Waals surface area contributed by atoms with E-state index in [0.717, 1.165) is 44.5 Å². The molecule has 0 bridgehead atoms. The fourth-order valence-electron chi connectivity index (χ4n) is 3.96. The highest BCUT2D eigenvalue weighted by Crippen LogP contribution is 2.32. The average molecular weight is 360 g/mol. The minimum atomic E-state index is 0.957. The van der Waals surface area contributed by atoms with Gasteiger partial charge in [-0.25, -0.2) is 4.98 Å². The molecule has 4 heteroatoms. The molecule has 0 aliphatic heterocycles. The number of pyridine rings is 2. The molecule has 4 aromatic heterocycles. The Balaban J connectivity index is 1.64. The molecule has 0 radical (unpaired) electrons. The molecule has 0 amide bonds. The SMILES string of the molecule is c1cncc(-c2ccc(-n3c4ccccc4c4nc5ccccn5c43)cc2)c1. The summed E-state index contributed by atoms with van der Waals surface area (Å²) in [4.78, 5) is 9.11. The van der Waals surface area contributed by atoms with E-state index >= 15 is 0 Å². The monoisotopic (exact) mass is 360 g/mol. The van der Waals surface area contributed by atoms with Crippen LogP contribution >= 0.6 is 0 Å². The van der Waals surface area contributed by atoms with Crippen molar-refractivity contribution in [3.05, 3.63) is 97.5 Å². The molecule has 0 unspecified atom stereocenters. The van der Waals surface area contributed by atoms with Crippen LogP contribution in [0, 0.1) is 0 Å². The van der Waals surface area contributed by atoms with Crippen LogP contribution in [0.4, 0.5) is 0 Å². The normalized spacial score (nSPS) is 11.6. The highest BCUT2D eigenvalue weighted by molar-refractivity contribution is 6.07. The van der Waals surface area contributed by atoms with Crippen molar-refractivity contribution >= 4 is 27.7 Å². The highest BCUT2D eigenvalue weighted by atomic mass is 15.1. The van der Waals surface area contributed by atoms with E-state index in [4.69, 9.17) is 4.98 Å². The number of aromatic nitrogens is 4. The van der Waals surface area contributed by atoms with E-state index in [9.17, 15) is 0 Å². The number of imidazole rings is 1. The Morgan fingerprint density at radius 2 is 1.57 bits per heavy atom. The third-order valence-electron chi connectivity index (χ3n) is 5.24. The van der Waals surface area contributed by atoms with Crippen LogP contribution < -0.4 is 0 Å². The second-order valence-corrected chi connectivity index (χ2v) is 6.85. The summed E-state index contributed by atoms with van der Waals surface area (Å²) in [5.74, 6) is 0. The van der Waals surface area contributed by atoms with Crippen molar-refractivity contribution in [2.45, 2.75) is 0 Å². The number of rotatable bonds is 2. The maximum absolute atomic E-state index is 4.89. The van der Waals surface area contributed by atoms with Gasteiger partial charge in [0.05, 0.1) is 5.52 Å². The quantitative estimate of drug-likeness (QED) is 0.409. The van der Waals surface area contributed by atoms with Gasteiger partial charge in [-0.1, -0.05) is 42.5 Å². The molecular weight excluding hydrogens is 344 g/mol. The fourth-order valence-corrected chi connectivity index (χ4v) is 3.96. The summed E-state index contributed by atoms with van der Waals surface area (Å²) in [6.07, 6.45) is 5.76. The van der Waals surface area contributed by atoms with Crippen LogP contribution in [0.3, 0.4) is 0 Å². The molecule has 0 saturated carbocycles. The minimum absolute atomic E-state index is 0.957. The Morgan fingerprint density at radius 3 is 2.43 bits per heavy atom. The van der Waals surface area contributed by atoms with Crippen molar-refractivity contribution in [3.8, 4) is 16.8 Å². The van der Waals surface area contributed by atoms with E-state index < -0.39 is 0 Å². The predicted octanol–water partition coefficient (Wildman–Crippen LogP) is 5.49. The van der Waals surface area contributed by atoms with Crippen LogP contribution in [0.2, 0.25) is 0 Å². The van der Waals surface area contributed by atoms with Gasteiger partial charge in [-0.2, -0.15) is 0 Å². The van der Waals surface area contributed by atoms with Crippen molar-refractivity contribution in [2.24, 2.45) is 0 Å². The van der Waals surface area contributed by atoms with Crippen molar-refractivity contribution in [2.75, 3.05) is 0 Å². The molecule has 2 aromatic carbocycles. The van der Waals surface area contributed by atoms with Gasteiger partial charge in [-0.3, -0.25) is 14.0 Å². The molecule has 28 heavy (non-hydrogen) atoms. The van der Waals surface area contributed by atoms with Crippen LogP contribution in [-0.4, -0.2) is 18.9 Å². The lowest BCUT2D eigenvalue weighted by Gasteiger charge is -2.09. The first-order chi connectivity index (χ1) is 13.9. The van der Waals surface area contributed by atoms with E-state index in [-0.39, 0.29) is 0 Å². The Bertz CT molecular complexity index is 1430. The molecule has 0 spiro atoms. The minimum Gasteiger partial charge on any atom is -0.294 e. The van der Waals surface area contributed by atoms with Gasteiger partial charge in [0.1, 0.15) is 11.2 Å².